The molecule has 0 aliphatic carbocycles. The summed E-state index contributed by atoms with van der Waals surface area (Å²) < 4.78 is 5.27. The highest BCUT2D eigenvalue weighted by Crippen LogP contribution is 2.04. The Morgan fingerprint density at radius 1 is 1.21 bits per heavy atom. The van der Waals surface area contributed by atoms with Gasteiger partial charge in [0.25, 0.3) is 0 Å². The van der Waals surface area contributed by atoms with E-state index in [1.165, 1.54) is 6.92 Å². The summed E-state index contributed by atoms with van der Waals surface area (Å²) in [7, 11) is 0. The fourth-order valence-corrected chi connectivity index (χ4v) is 1.60. The lowest BCUT2D eigenvalue weighted by Gasteiger charge is -2.21. The molecule has 1 aromatic carbocycles. The normalized spacial score (nSPS) is 10.2. The van der Waals surface area contributed by atoms with E-state index in [4.69, 9.17) is 10.5 Å². The molecule has 0 saturated heterocycles. The molecule has 2 amide bonds. The molecule has 0 aliphatic heterocycles. The first-order valence-corrected chi connectivity index (χ1v) is 6.25. The minimum absolute atomic E-state index is 0.00218. The molecule has 0 radical (unpaired) electrons. The Morgan fingerprint density at radius 3 is 2.47 bits per heavy atom. The molecule has 0 aliphatic rings. The van der Waals surface area contributed by atoms with Gasteiger partial charge in [-0.05, 0) is 5.56 Å². The van der Waals surface area contributed by atoms with Gasteiger partial charge in [-0.2, -0.15) is 0 Å². The number of nitrogens with two attached hydrogens (primary N) is 1. The molecule has 0 aromatic heterocycles. The van der Waals surface area contributed by atoms with E-state index in [0.717, 1.165) is 5.56 Å². The fraction of sp³-hybridized carbons (Fsp3) is 0.429. The van der Waals surface area contributed by atoms with Crippen LogP contribution < -0.4 is 5.73 Å². The van der Waals surface area contributed by atoms with Crippen molar-refractivity contribution in [3.63, 3.8) is 0 Å². The Hall–Kier alpha value is -1.88. The number of amides is 2. The van der Waals surface area contributed by atoms with E-state index in [9.17, 15) is 9.59 Å². The molecule has 1 rings (SSSR count). The Kier molecular flexibility index (Phi) is 6.60. The first-order chi connectivity index (χ1) is 9.09. The van der Waals surface area contributed by atoms with Crippen LogP contribution in [0.25, 0.3) is 0 Å². The summed E-state index contributed by atoms with van der Waals surface area (Å²) in [5, 5.41) is 0. The average Bonchev–Trinajstić information content (AvgIpc) is 2.37. The molecule has 0 unspecified atom stereocenters. The summed E-state index contributed by atoms with van der Waals surface area (Å²) in [5.41, 5.74) is 6.08. The van der Waals surface area contributed by atoms with Gasteiger partial charge in [-0.15, -0.1) is 0 Å². The first-order valence-electron chi connectivity index (χ1n) is 6.25. The molecule has 0 bridgehead atoms. The fourth-order valence-electron chi connectivity index (χ4n) is 1.60. The number of carbonyl (C=O) groups excluding carboxylic acids is 2. The molecule has 5 nitrogen and oxygen atoms in total. The van der Waals surface area contributed by atoms with Gasteiger partial charge in [0.1, 0.15) is 0 Å². The number of primary amides is 1. The van der Waals surface area contributed by atoms with Gasteiger partial charge in [0, 0.05) is 26.4 Å². The molecule has 0 saturated carbocycles. The Balaban J connectivity index is 2.33. The van der Waals surface area contributed by atoms with Gasteiger partial charge in [0.15, 0.2) is 0 Å². The van der Waals surface area contributed by atoms with Crippen LogP contribution in [0.3, 0.4) is 0 Å². The molecule has 0 atom stereocenters. The maximum atomic E-state index is 11.5. The van der Waals surface area contributed by atoms with Crippen LogP contribution in [-0.4, -0.2) is 36.5 Å². The number of benzene rings is 1. The van der Waals surface area contributed by atoms with E-state index in [1.807, 2.05) is 30.3 Å². The quantitative estimate of drug-likeness (QED) is 0.710. The highest BCUT2D eigenvalue weighted by atomic mass is 16.5. The minimum Gasteiger partial charge on any atom is -0.379 e. The lowest BCUT2D eigenvalue weighted by Crippen LogP contribution is -2.31. The predicted molar refractivity (Wildman–Crippen MR) is 72.2 cm³/mol. The number of rotatable bonds is 8. The van der Waals surface area contributed by atoms with Gasteiger partial charge in [0.05, 0.1) is 13.2 Å². The maximum absolute atomic E-state index is 11.5. The monoisotopic (exact) mass is 264 g/mol. The van der Waals surface area contributed by atoms with Crippen molar-refractivity contribution < 1.29 is 14.3 Å². The summed E-state index contributed by atoms with van der Waals surface area (Å²) >= 11 is 0. The molecular formula is C14H20N2O3. The second-order valence-electron chi connectivity index (χ2n) is 4.25. The van der Waals surface area contributed by atoms with Crippen LogP contribution in [0.1, 0.15) is 18.9 Å². The van der Waals surface area contributed by atoms with E-state index in [2.05, 4.69) is 0 Å². The predicted octanol–water partition coefficient (Wildman–Crippen LogP) is 0.927. The number of hydrogen-bond acceptors (Lipinski definition) is 3. The average molecular weight is 264 g/mol. The molecule has 2 N–H and O–H groups in total. The van der Waals surface area contributed by atoms with Crippen LogP contribution in [0.4, 0.5) is 0 Å². The van der Waals surface area contributed by atoms with Crippen LogP contribution >= 0.6 is 0 Å². The lowest BCUT2D eigenvalue weighted by atomic mass is 10.2. The molecule has 104 valence electrons. The van der Waals surface area contributed by atoms with Gasteiger partial charge in [0.2, 0.25) is 11.8 Å². The third kappa shape index (κ3) is 6.57. The summed E-state index contributed by atoms with van der Waals surface area (Å²) in [4.78, 5) is 23.7. The van der Waals surface area contributed by atoms with Gasteiger partial charge in [-0.3, -0.25) is 9.59 Å². The molecule has 1 aromatic rings. The molecule has 0 fully saturated rings. The largest absolute Gasteiger partial charge is 0.379 e. The number of hydrogen-bond donors (Lipinski definition) is 1. The zero-order valence-electron chi connectivity index (χ0n) is 11.2. The first kappa shape index (κ1) is 15.2. The zero-order valence-corrected chi connectivity index (χ0v) is 11.2. The van der Waals surface area contributed by atoms with E-state index in [-0.39, 0.29) is 18.2 Å². The molecule has 0 spiro atoms. The smallest absolute Gasteiger partial charge is 0.219 e. The maximum Gasteiger partial charge on any atom is 0.219 e. The third-order valence-corrected chi connectivity index (χ3v) is 2.66. The number of ether oxygens (including phenoxy) is 1. The highest BCUT2D eigenvalue weighted by molar-refractivity contribution is 5.73. The summed E-state index contributed by atoms with van der Waals surface area (Å²) in [6.07, 6.45) is 0.207. The van der Waals surface area contributed by atoms with Gasteiger partial charge in [-0.25, -0.2) is 0 Å². The standard InChI is InChI=1S/C14H20N2O3/c1-12(17)16(8-10-19-9-7-14(15)18)11-13-5-3-2-4-6-13/h2-6H,7-11H2,1H3,(H2,15,18). The molecular weight excluding hydrogens is 244 g/mol. The molecule has 5 heteroatoms. The third-order valence-electron chi connectivity index (χ3n) is 2.66. The van der Waals surface area contributed by atoms with Crippen molar-refractivity contribution in [2.45, 2.75) is 19.9 Å². The summed E-state index contributed by atoms with van der Waals surface area (Å²) in [5.74, 6) is -0.380. The van der Waals surface area contributed by atoms with Crippen LogP contribution in [-0.2, 0) is 20.9 Å². The van der Waals surface area contributed by atoms with E-state index < -0.39 is 0 Å². The number of nitrogens with zero attached hydrogens (tertiary/aromatic N) is 1. The zero-order chi connectivity index (χ0) is 14.1. The van der Waals surface area contributed by atoms with Crippen molar-refractivity contribution >= 4 is 11.8 Å². The molecule has 19 heavy (non-hydrogen) atoms. The van der Waals surface area contributed by atoms with Gasteiger partial charge in [-0.1, -0.05) is 30.3 Å². The van der Waals surface area contributed by atoms with Crippen LogP contribution in [0.2, 0.25) is 0 Å². The minimum atomic E-state index is -0.382. The van der Waals surface area contributed by atoms with Crippen LogP contribution in [0.5, 0.6) is 0 Å². The Bertz CT molecular complexity index is 406. The Morgan fingerprint density at radius 2 is 1.89 bits per heavy atom. The van der Waals surface area contributed by atoms with Gasteiger partial charge >= 0.3 is 0 Å². The van der Waals surface area contributed by atoms with Crippen molar-refractivity contribution in [1.29, 1.82) is 0 Å². The molecule has 0 heterocycles. The van der Waals surface area contributed by atoms with E-state index in [0.29, 0.717) is 26.3 Å². The van der Waals surface area contributed by atoms with Crippen molar-refractivity contribution in [3.8, 4) is 0 Å². The number of carbonyl (C=O) groups is 2. The van der Waals surface area contributed by atoms with Crippen molar-refractivity contribution in [3.05, 3.63) is 35.9 Å². The van der Waals surface area contributed by atoms with Crippen molar-refractivity contribution in [1.82, 2.24) is 4.90 Å². The summed E-state index contributed by atoms with van der Waals surface area (Å²) in [6.45, 7) is 3.30. The van der Waals surface area contributed by atoms with Crippen molar-refractivity contribution in [2.75, 3.05) is 19.8 Å². The summed E-state index contributed by atoms with van der Waals surface area (Å²) in [6, 6.07) is 9.77. The SMILES string of the molecule is CC(=O)N(CCOCCC(N)=O)Cc1ccccc1. The lowest BCUT2D eigenvalue weighted by molar-refractivity contribution is -0.130. The second-order valence-corrected chi connectivity index (χ2v) is 4.25. The van der Waals surface area contributed by atoms with E-state index in [1.54, 1.807) is 4.90 Å². The van der Waals surface area contributed by atoms with Crippen LogP contribution in [0.15, 0.2) is 30.3 Å². The second kappa shape index (κ2) is 8.26. The van der Waals surface area contributed by atoms with Crippen molar-refractivity contribution in [2.24, 2.45) is 5.73 Å². The van der Waals surface area contributed by atoms with Crippen LogP contribution in [0, 0.1) is 0 Å². The van der Waals surface area contributed by atoms with E-state index >= 15 is 0 Å². The topological polar surface area (TPSA) is 72.6 Å². The highest BCUT2D eigenvalue weighted by Gasteiger charge is 2.09. The van der Waals surface area contributed by atoms with Gasteiger partial charge < -0.3 is 15.4 Å². The Labute approximate surface area is 113 Å².